The predicted molar refractivity (Wildman–Crippen MR) is 119 cm³/mol. The first-order valence-corrected chi connectivity index (χ1v) is 12.6. The summed E-state index contributed by atoms with van der Waals surface area (Å²) in [7, 11) is -3.70. The maximum absolute atomic E-state index is 13.0. The van der Waals surface area contributed by atoms with Crippen LogP contribution in [0.4, 0.5) is 4.39 Å². The molecule has 0 radical (unpaired) electrons. The molecule has 0 bridgehead atoms. The second-order valence-electron chi connectivity index (χ2n) is 7.52. The summed E-state index contributed by atoms with van der Waals surface area (Å²) in [6.45, 7) is 4.72. The lowest BCUT2D eigenvalue weighted by Gasteiger charge is -2.34. The van der Waals surface area contributed by atoms with Crippen molar-refractivity contribution in [3.05, 3.63) is 59.9 Å². The van der Waals surface area contributed by atoms with E-state index in [9.17, 15) is 17.6 Å². The maximum atomic E-state index is 13.0. The standard InChI is InChI=1S/C22H27FN2O4S2/c1-16-14-25(15-17(2)29-16)31(27,28)21-6-3-5-18(13-21)22(26)24-11-4-12-30-20-9-7-19(23)8-10-20/h3,5-10,13,16-17H,4,11-12,14-15H2,1-2H3,(H,24,26). The van der Waals surface area contributed by atoms with E-state index in [1.165, 1.54) is 28.6 Å². The Morgan fingerprint density at radius 3 is 2.52 bits per heavy atom. The Balaban J connectivity index is 1.54. The molecule has 1 N–H and O–H groups in total. The lowest BCUT2D eigenvalue weighted by Crippen LogP contribution is -2.48. The van der Waals surface area contributed by atoms with Crippen LogP contribution in [-0.4, -0.2) is 56.2 Å². The third-order valence-electron chi connectivity index (χ3n) is 4.81. The molecule has 1 aliphatic heterocycles. The molecule has 9 heteroatoms. The number of carbonyl (C=O) groups excluding carboxylic acids is 1. The molecule has 1 saturated heterocycles. The van der Waals surface area contributed by atoms with Crippen molar-refractivity contribution in [2.75, 3.05) is 25.4 Å². The monoisotopic (exact) mass is 466 g/mol. The van der Waals surface area contributed by atoms with Crippen molar-refractivity contribution in [3.8, 4) is 0 Å². The van der Waals surface area contributed by atoms with Crippen molar-refractivity contribution in [2.24, 2.45) is 0 Å². The van der Waals surface area contributed by atoms with Gasteiger partial charge in [0.25, 0.3) is 5.91 Å². The molecule has 0 aromatic heterocycles. The van der Waals surface area contributed by atoms with E-state index in [0.29, 0.717) is 12.1 Å². The van der Waals surface area contributed by atoms with E-state index in [2.05, 4.69) is 5.32 Å². The van der Waals surface area contributed by atoms with Gasteiger partial charge in [0.05, 0.1) is 17.1 Å². The first-order chi connectivity index (χ1) is 14.8. The Kier molecular flexibility index (Phi) is 8.10. The van der Waals surface area contributed by atoms with E-state index in [4.69, 9.17) is 4.74 Å². The quantitative estimate of drug-likeness (QED) is 0.476. The number of amides is 1. The zero-order chi connectivity index (χ0) is 22.4. The van der Waals surface area contributed by atoms with Gasteiger partial charge >= 0.3 is 0 Å². The lowest BCUT2D eigenvalue weighted by atomic mass is 10.2. The van der Waals surface area contributed by atoms with Gasteiger partial charge in [0.15, 0.2) is 0 Å². The molecule has 31 heavy (non-hydrogen) atoms. The van der Waals surface area contributed by atoms with Crippen molar-refractivity contribution in [2.45, 2.75) is 42.3 Å². The molecule has 2 unspecified atom stereocenters. The van der Waals surface area contributed by atoms with Gasteiger partial charge in [-0.25, -0.2) is 12.8 Å². The summed E-state index contributed by atoms with van der Waals surface area (Å²) < 4.78 is 46.0. The highest BCUT2D eigenvalue weighted by molar-refractivity contribution is 7.99. The molecule has 1 amide bonds. The fourth-order valence-electron chi connectivity index (χ4n) is 3.37. The average Bonchev–Trinajstić information content (AvgIpc) is 2.74. The number of thioether (sulfide) groups is 1. The highest BCUT2D eigenvalue weighted by Gasteiger charge is 2.32. The largest absolute Gasteiger partial charge is 0.373 e. The van der Waals surface area contributed by atoms with Gasteiger partial charge in [-0.3, -0.25) is 4.79 Å². The second kappa shape index (κ2) is 10.6. The molecular weight excluding hydrogens is 439 g/mol. The zero-order valence-electron chi connectivity index (χ0n) is 17.6. The normalized spacial score (nSPS) is 19.8. The molecule has 0 saturated carbocycles. The van der Waals surface area contributed by atoms with Crippen LogP contribution in [0, 0.1) is 5.82 Å². The van der Waals surface area contributed by atoms with E-state index in [0.717, 1.165) is 17.1 Å². The van der Waals surface area contributed by atoms with Crippen molar-refractivity contribution in [3.63, 3.8) is 0 Å². The number of rotatable bonds is 8. The van der Waals surface area contributed by atoms with Gasteiger partial charge in [-0.05, 0) is 68.5 Å². The first-order valence-electron chi connectivity index (χ1n) is 10.2. The van der Waals surface area contributed by atoms with Gasteiger partial charge in [0, 0.05) is 30.1 Å². The molecule has 3 rings (SSSR count). The number of nitrogens with zero attached hydrogens (tertiary/aromatic N) is 1. The minimum atomic E-state index is -3.70. The van der Waals surface area contributed by atoms with E-state index in [-0.39, 0.29) is 41.9 Å². The molecular formula is C22H27FN2O4S2. The molecule has 0 spiro atoms. The van der Waals surface area contributed by atoms with Gasteiger partial charge < -0.3 is 10.1 Å². The minimum absolute atomic E-state index is 0.105. The molecule has 2 aromatic carbocycles. The Hall–Kier alpha value is -1.94. The number of nitrogens with one attached hydrogen (secondary N) is 1. The molecule has 168 valence electrons. The van der Waals surface area contributed by atoms with Gasteiger partial charge in [0.1, 0.15) is 5.82 Å². The fraction of sp³-hybridized carbons (Fsp3) is 0.409. The van der Waals surface area contributed by atoms with Crippen LogP contribution in [0.2, 0.25) is 0 Å². The van der Waals surface area contributed by atoms with Crippen LogP contribution >= 0.6 is 11.8 Å². The van der Waals surface area contributed by atoms with Crippen molar-refractivity contribution < 1.29 is 22.3 Å². The molecule has 1 aliphatic rings. The summed E-state index contributed by atoms with van der Waals surface area (Å²) in [5, 5.41) is 2.83. The third-order valence-corrected chi connectivity index (χ3v) is 7.74. The summed E-state index contributed by atoms with van der Waals surface area (Å²) in [6, 6.07) is 12.4. The third kappa shape index (κ3) is 6.52. The van der Waals surface area contributed by atoms with Crippen LogP contribution in [0.15, 0.2) is 58.3 Å². The van der Waals surface area contributed by atoms with Crippen molar-refractivity contribution >= 4 is 27.7 Å². The van der Waals surface area contributed by atoms with Crippen molar-refractivity contribution in [1.82, 2.24) is 9.62 Å². The first kappa shape index (κ1) is 23.7. The van der Waals surface area contributed by atoms with E-state index in [1.807, 2.05) is 13.8 Å². The van der Waals surface area contributed by atoms with E-state index < -0.39 is 10.0 Å². The fourth-order valence-corrected chi connectivity index (χ4v) is 5.86. The van der Waals surface area contributed by atoms with Gasteiger partial charge in [-0.2, -0.15) is 4.31 Å². The van der Waals surface area contributed by atoms with Gasteiger partial charge in [-0.15, -0.1) is 11.8 Å². The van der Waals surface area contributed by atoms with Crippen LogP contribution in [0.3, 0.4) is 0 Å². The van der Waals surface area contributed by atoms with Crippen LogP contribution in [-0.2, 0) is 14.8 Å². The molecule has 0 aliphatic carbocycles. The number of hydrogen-bond donors (Lipinski definition) is 1. The average molecular weight is 467 g/mol. The molecule has 2 atom stereocenters. The SMILES string of the molecule is CC1CN(S(=O)(=O)c2cccc(C(=O)NCCCSc3ccc(F)cc3)c2)CC(C)O1. The van der Waals surface area contributed by atoms with Crippen LogP contribution in [0.1, 0.15) is 30.6 Å². The highest BCUT2D eigenvalue weighted by Crippen LogP contribution is 2.22. The van der Waals surface area contributed by atoms with Crippen LogP contribution in [0.25, 0.3) is 0 Å². The van der Waals surface area contributed by atoms with Crippen LogP contribution in [0.5, 0.6) is 0 Å². The van der Waals surface area contributed by atoms with Gasteiger partial charge in [0.2, 0.25) is 10.0 Å². The maximum Gasteiger partial charge on any atom is 0.251 e. The predicted octanol–water partition coefficient (Wildman–Crippen LogP) is 3.54. The molecule has 2 aromatic rings. The number of carbonyl (C=O) groups is 1. The number of sulfonamides is 1. The summed E-state index contributed by atoms with van der Waals surface area (Å²) in [5.74, 6) is 0.194. The number of ether oxygens (including phenoxy) is 1. The Bertz CT molecular complexity index is 989. The Morgan fingerprint density at radius 2 is 1.84 bits per heavy atom. The molecule has 6 nitrogen and oxygen atoms in total. The molecule has 1 fully saturated rings. The Morgan fingerprint density at radius 1 is 1.16 bits per heavy atom. The van der Waals surface area contributed by atoms with Crippen molar-refractivity contribution in [1.29, 1.82) is 0 Å². The number of halogens is 1. The summed E-state index contributed by atoms with van der Waals surface area (Å²) in [4.78, 5) is 13.6. The number of morpholine rings is 1. The smallest absolute Gasteiger partial charge is 0.251 e. The summed E-state index contributed by atoms with van der Waals surface area (Å²) >= 11 is 1.59. The summed E-state index contributed by atoms with van der Waals surface area (Å²) in [5.41, 5.74) is 0.307. The zero-order valence-corrected chi connectivity index (χ0v) is 19.2. The Labute approximate surface area is 187 Å². The summed E-state index contributed by atoms with van der Waals surface area (Å²) in [6.07, 6.45) is 0.366. The molecule has 1 heterocycles. The van der Waals surface area contributed by atoms with E-state index in [1.54, 1.807) is 36.0 Å². The van der Waals surface area contributed by atoms with Gasteiger partial charge in [-0.1, -0.05) is 6.07 Å². The number of hydrogen-bond acceptors (Lipinski definition) is 5. The lowest BCUT2D eigenvalue weighted by molar-refractivity contribution is -0.0440. The van der Waals surface area contributed by atoms with E-state index >= 15 is 0 Å². The van der Waals surface area contributed by atoms with Crippen LogP contribution < -0.4 is 5.32 Å². The highest BCUT2D eigenvalue weighted by atomic mass is 32.2. The second-order valence-corrected chi connectivity index (χ2v) is 10.6. The number of benzene rings is 2. The topological polar surface area (TPSA) is 75.7 Å². The minimum Gasteiger partial charge on any atom is -0.373 e.